The van der Waals surface area contributed by atoms with Crippen molar-refractivity contribution in [2.75, 3.05) is 38.2 Å². The molecule has 0 spiro atoms. The van der Waals surface area contributed by atoms with Crippen LogP contribution in [0.25, 0.3) is 0 Å². The molecule has 2 amide bonds. The molecule has 1 atom stereocenters. The molecule has 0 saturated carbocycles. The number of benzene rings is 2. The zero-order valence-corrected chi connectivity index (χ0v) is 19.3. The molecular weight excluding hydrogens is 406 g/mol. The highest BCUT2D eigenvalue weighted by atomic mass is 16.6. The maximum absolute atomic E-state index is 12.8. The van der Waals surface area contributed by atoms with E-state index in [0.29, 0.717) is 31.0 Å². The van der Waals surface area contributed by atoms with Crippen LogP contribution in [0.3, 0.4) is 0 Å². The third-order valence-corrected chi connectivity index (χ3v) is 5.20. The van der Waals surface area contributed by atoms with Gasteiger partial charge in [-0.1, -0.05) is 29.8 Å². The lowest BCUT2D eigenvalue weighted by Crippen LogP contribution is -2.43. The van der Waals surface area contributed by atoms with E-state index in [1.807, 2.05) is 0 Å². The van der Waals surface area contributed by atoms with Crippen LogP contribution in [0.15, 0.2) is 48.5 Å². The number of anilines is 1. The van der Waals surface area contributed by atoms with Gasteiger partial charge in [-0.15, -0.1) is 0 Å². The number of carbonyl (C=O) groups excluding carboxylic acids is 2. The van der Waals surface area contributed by atoms with Crippen LogP contribution >= 0.6 is 0 Å². The maximum atomic E-state index is 12.8. The van der Waals surface area contributed by atoms with Gasteiger partial charge in [0.25, 0.3) is 5.91 Å². The number of nitrogens with zero attached hydrogens (tertiary/aromatic N) is 1. The second kappa shape index (κ2) is 10.6. The normalized spacial score (nSPS) is 15.6. The monoisotopic (exact) mass is 439 g/mol. The molecule has 2 aromatic rings. The highest BCUT2D eigenvalue weighted by Gasteiger charge is 2.23. The first-order valence-corrected chi connectivity index (χ1v) is 11.0. The van der Waals surface area contributed by atoms with Crippen LogP contribution in [0.1, 0.15) is 48.3 Å². The first kappa shape index (κ1) is 23.8. The SMILES string of the molecule is Cc1ccc(C(CNC(=O)c2ccc(NC(=O)OC(C)(C)C)cc2)N2CCOCC2)cc1. The molecule has 1 unspecified atom stereocenters. The van der Waals surface area contributed by atoms with Gasteiger partial charge in [0.15, 0.2) is 0 Å². The predicted molar refractivity (Wildman–Crippen MR) is 125 cm³/mol. The lowest BCUT2D eigenvalue weighted by Gasteiger charge is -2.35. The lowest BCUT2D eigenvalue weighted by molar-refractivity contribution is 0.0162. The van der Waals surface area contributed by atoms with Gasteiger partial charge in [-0.25, -0.2) is 4.79 Å². The van der Waals surface area contributed by atoms with E-state index in [2.05, 4.69) is 46.7 Å². The fraction of sp³-hybridized carbons (Fsp3) is 0.440. The summed E-state index contributed by atoms with van der Waals surface area (Å²) in [5.74, 6) is -0.154. The maximum Gasteiger partial charge on any atom is 0.412 e. The third-order valence-electron chi connectivity index (χ3n) is 5.20. The second-order valence-corrected chi connectivity index (χ2v) is 8.99. The van der Waals surface area contributed by atoms with Crippen LogP contribution < -0.4 is 10.6 Å². The fourth-order valence-corrected chi connectivity index (χ4v) is 3.55. The topological polar surface area (TPSA) is 79.9 Å². The number of hydrogen-bond acceptors (Lipinski definition) is 5. The standard InChI is InChI=1S/C25H33N3O4/c1-18-5-7-19(8-6-18)22(28-13-15-31-16-14-28)17-26-23(29)20-9-11-21(12-10-20)27-24(30)32-25(2,3)4/h5-12,22H,13-17H2,1-4H3,(H,26,29)(H,27,30). The molecule has 32 heavy (non-hydrogen) atoms. The van der Waals surface area contributed by atoms with Crippen LogP contribution in [0.4, 0.5) is 10.5 Å². The number of morpholine rings is 1. The molecule has 3 rings (SSSR count). The molecule has 1 aliphatic rings. The Morgan fingerprint density at radius 3 is 2.25 bits per heavy atom. The molecule has 2 aromatic carbocycles. The molecule has 1 heterocycles. The molecule has 7 nitrogen and oxygen atoms in total. The lowest BCUT2D eigenvalue weighted by atomic mass is 10.0. The third kappa shape index (κ3) is 7.07. The van der Waals surface area contributed by atoms with Crippen molar-refractivity contribution in [1.29, 1.82) is 0 Å². The summed E-state index contributed by atoms with van der Waals surface area (Å²) in [5, 5.41) is 5.74. The summed E-state index contributed by atoms with van der Waals surface area (Å²) in [6, 6.07) is 15.3. The molecule has 1 fully saturated rings. The number of aryl methyl sites for hydroxylation is 1. The van der Waals surface area contributed by atoms with Crippen molar-refractivity contribution in [2.45, 2.75) is 39.3 Å². The Hall–Kier alpha value is -2.90. The van der Waals surface area contributed by atoms with Crippen molar-refractivity contribution in [2.24, 2.45) is 0 Å². The summed E-state index contributed by atoms with van der Waals surface area (Å²) in [6.07, 6.45) is -0.527. The first-order valence-electron chi connectivity index (χ1n) is 11.0. The quantitative estimate of drug-likeness (QED) is 0.707. The Labute approximate surface area is 190 Å². The van der Waals surface area contributed by atoms with E-state index in [1.54, 1.807) is 45.0 Å². The van der Waals surface area contributed by atoms with Crippen molar-refractivity contribution >= 4 is 17.7 Å². The van der Waals surface area contributed by atoms with E-state index in [9.17, 15) is 9.59 Å². The zero-order chi connectivity index (χ0) is 23.1. The zero-order valence-electron chi connectivity index (χ0n) is 19.3. The molecule has 0 bridgehead atoms. The Morgan fingerprint density at radius 1 is 1.03 bits per heavy atom. The minimum atomic E-state index is -0.571. The number of amides is 2. The van der Waals surface area contributed by atoms with Gasteiger partial charge in [0.2, 0.25) is 0 Å². The van der Waals surface area contributed by atoms with Gasteiger partial charge >= 0.3 is 6.09 Å². The molecule has 0 radical (unpaired) electrons. The molecule has 2 N–H and O–H groups in total. The van der Waals surface area contributed by atoms with Crippen LogP contribution in [0.5, 0.6) is 0 Å². The van der Waals surface area contributed by atoms with Crippen molar-refractivity contribution in [3.63, 3.8) is 0 Å². The number of hydrogen-bond donors (Lipinski definition) is 2. The Balaban J connectivity index is 1.61. The highest BCUT2D eigenvalue weighted by molar-refractivity contribution is 5.95. The minimum Gasteiger partial charge on any atom is -0.444 e. The van der Waals surface area contributed by atoms with Gasteiger partial charge in [0, 0.05) is 30.9 Å². The predicted octanol–water partition coefficient (Wildman–Crippen LogP) is 4.15. The van der Waals surface area contributed by atoms with E-state index < -0.39 is 11.7 Å². The van der Waals surface area contributed by atoms with Crippen LogP contribution in [-0.2, 0) is 9.47 Å². The molecule has 7 heteroatoms. The Morgan fingerprint density at radius 2 is 1.66 bits per heavy atom. The Bertz CT molecular complexity index is 898. The van der Waals surface area contributed by atoms with Crippen molar-refractivity contribution in [3.05, 3.63) is 65.2 Å². The number of rotatable bonds is 6. The summed E-state index contributed by atoms with van der Waals surface area (Å²) >= 11 is 0. The molecule has 0 aliphatic carbocycles. The molecular formula is C25H33N3O4. The van der Waals surface area contributed by atoms with Gasteiger partial charge in [-0.05, 0) is 57.5 Å². The van der Waals surface area contributed by atoms with Gasteiger partial charge in [0.1, 0.15) is 5.60 Å². The smallest absolute Gasteiger partial charge is 0.412 e. The van der Waals surface area contributed by atoms with E-state index in [0.717, 1.165) is 13.1 Å². The molecule has 1 aliphatic heterocycles. The van der Waals surface area contributed by atoms with E-state index in [4.69, 9.17) is 9.47 Å². The summed E-state index contributed by atoms with van der Waals surface area (Å²) in [5.41, 5.74) is 2.91. The van der Waals surface area contributed by atoms with Gasteiger partial charge < -0.3 is 14.8 Å². The van der Waals surface area contributed by atoms with Crippen molar-refractivity contribution in [1.82, 2.24) is 10.2 Å². The first-order chi connectivity index (χ1) is 15.2. The number of ether oxygens (including phenoxy) is 2. The molecule has 1 saturated heterocycles. The number of carbonyl (C=O) groups is 2. The molecule has 172 valence electrons. The Kier molecular flexibility index (Phi) is 7.88. The van der Waals surface area contributed by atoms with Crippen molar-refractivity contribution < 1.29 is 19.1 Å². The summed E-state index contributed by atoms with van der Waals surface area (Å²) < 4.78 is 10.7. The van der Waals surface area contributed by atoms with Crippen molar-refractivity contribution in [3.8, 4) is 0 Å². The molecule has 0 aromatic heterocycles. The summed E-state index contributed by atoms with van der Waals surface area (Å²) in [7, 11) is 0. The van der Waals surface area contributed by atoms with Gasteiger partial charge in [0.05, 0.1) is 19.3 Å². The van der Waals surface area contributed by atoms with Crippen LogP contribution in [-0.4, -0.2) is 55.3 Å². The largest absolute Gasteiger partial charge is 0.444 e. The van der Waals surface area contributed by atoms with Crippen LogP contribution in [0.2, 0.25) is 0 Å². The van der Waals surface area contributed by atoms with Gasteiger partial charge in [-0.3, -0.25) is 15.0 Å². The average Bonchev–Trinajstić information content (AvgIpc) is 2.75. The van der Waals surface area contributed by atoms with Gasteiger partial charge in [-0.2, -0.15) is 0 Å². The fourth-order valence-electron chi connectivity index (χ4n) is 3.55. The second-order valence-electron chi connectivity index (χ2n) is 8.99. The number of nitrogens with one attached hydrogen (secondary N) is 2. The van der Waals surface area contributed by atoms with Crippen LogP contribution in [0, 0.1) is 6.92 Å². The van der Waals surface area contributed by atoms with E-state index in [1.165, 1.54) is 11.1 Å². The summed E-state index contributed by atoms with van der Waals surface area (Å²) in [6.45, 7) is 11.0. The van der Waals surface area contributed by atoms with E-state index >= 15 is 0 Å². The average molecular weight is 440 g/mol. The highest BCUT2D eigenvalue weighted by Crippen LogP contribution is 2.22. The minimum absolute atomic E-state index is 0.0801. The van der Waals surface area contributed by atoms with E-state index in [-0.39, 0.29) is 11.9 Å². The summed E-state index contributed by atoms with van der Waals surface area (Å²) in [4.78, 5) is 27.0.